The zero-order valence-corrected chi connectivity index (χ0v) is 14.1. The van der Waals surface area contributed by atoms with Gasteiger partial charge in [-0.05, 0) is 36.4 Å². The van der Waals surface area contributed by atoms with Crippen molar-refractivity contribution in [2.45, 2.75) is 4.90 Å². The number of rotatable bonds is 3. The lowest BCUT2D eigenvalue weighted by Gasteiger charge is -2.37. The van der Waals surface area contributed by atoms with Crippen molar-refractivity contribution in [2.75, 3.05) is 42.2 Å². The van der Waals surface area contributed by atoms with E-state index >= 15 is 0 Å². The molecular formula is C17H22N3O2S+. The van der Waals surface area contributed by atoms with Crippen LogP contribution in [0.25, 0.3) is 0 Å². The van der Waals surface area contributed by atoms with Crippen LogP contribution in [0.1, 0.15) is 0 Å². The van der Waals surface area contributed by atoms with Gasteiger partial charge in [-0.2, -0.15) is 0 Å². The highest BCUT2D eigenvalue weighted by molar-refractivity contribution is 7.90. The van der Waals surface area contributed by atoms with Gasteiger partial charge in [0.25, 0.3) is 0 Å². The van der Waals surface area contributed by atoms with E-state index in [1.54, 1.807) is 12.1 Å². The molecule has 0 amide bonds. The molecule has 122 valence electrons. The van der Waals surface area contributed by atoms with Crippen LogP contribution in [0.4, 0.5) is 17.1 Å². The molecule has 0 aliphatic carbocycles. The minimum absolute atomic E-state index is 0.369. The topological polar surface area (TPSA) is 68.3 Å². The van der Waals surface area contributed by atoms with Crippen molar-refractivity contribution >= 4 is 26.9 Å². The van der Waals surface area contributed by atoms with Crippen LogP contribution in [-0.4, -0.2) is 40.9 Å². The molecule has 5 nitrogen and oxygen atoms in total. The van der Waals surface area contributed by atoms with Gasteiger partial charge < -0.3 is 15.5 Å². The molecule has 0 radical (unpaired) electrons. The fraction of sp³-hybridized carbons (Fsp3) is 0.294. The van der Waals surface area contributed by atoms with Crippen molar-refractivity contribution in [1.82, 2.24) is 0 Å². The first-order chi connectivity index (χ1) is 10.9. The van der Waals surface area contributed by atoms with Gasteiger partial charge in [-0.25, -0.2) is 8.42 Å². The summed E-state index contributed by atoms with van der Waals surface area (Å²) < 4.78 is 23.0. The minimum atomic E-state index is -3.13. The van der Waals surface area contributed by atoms with Gasteiger partial charge in [-0.15, -0.1) is 0 Å². The Balaban J connectivity index is 1.66. The maximum Gasteiger partial charge on any atom is 0.175 e. The first-order valence-electron chi connectivity index (χ1n) is 7.65. The Bertz CT molecular complexity index is 762. The van der Waals surface area contributed by atoms with Crippen LogP contribution in [0.3, 0.4) is 0 Å². The van der Waals surface area contributed by atoms with Gasteiger partial charge in [0.1, 0.15) is 5.69 Å². The summed E-state index contributed by atoms with van der Waals surface area (Å²) in [6.07, 6.45) is 1.23. The van der Waals surface area contributed by atoms with Gasteiger partial charge in [0.2, 0.25) is 0 Å². The van der Waals surface area contributed by atoms with Crippen LogP contribution >= 0.6 is 0 Å². The summed E-state index contributed by atoms with van der Waals surface area (Å²) in [6.45, 7) is 3.74. The van der Waals surface area contributed by atoms with Crippen LogP contribution in [0.2, 0.25) is 0 Å². The fourth-order valence-electron chi connectivity index (χ4n) is 2.83. The largest absolute Gasteiger partial charge is 0.368 e. The predicted molar refractivity (Wildman–Crippen MR) is 93.0 cm³/mol. The van der Waals surface area contributed by atoms with E-state index in [9.17, 15) is 8.42 Å². The summed E-state index contributed by atoms with van der Waals surface area (Å²) in [5.74, 6) is 0. The summed E-state index contributed by atoms with van der Waals surface area (Å²) >= 11 is 0. The SMILES string of the molecule is CS(=O)(=O)c1ccc(N2CCN(c3ccc([NH3+])cc3)CC2)cc1. The fourth-order valence-corrected chi connectivity index (χ4v) is 3.46. The van der Waals surface area contributed by atoms with Gasteiger partial charge in [0.15, 0.2) is 9.84 Å². The third kappa shape index (κ3) is 3.65. The maximum absolute atomic E-state index is 11.5. The van der Waals surface area contributed by atoms with E-state index in [4.69, 9.17) is 0 Å². The van der Waals surface area contributed by atoms with E-state index in [1.807, 2.05) is 24.3 Å². The highest BCUT2D eigenvalue weighted by Gasteiger charge is 2.18. The zero-order chi connectivity index (χ0) is 16.4. The van der Waals surface area contributed by atoms with E-state index in [0.717, 1.165) is 37.6 Å². The number of hydrogen-bond acceptors (Lipinski definition) is 4. The van der Waals surface area contributed by atoms with Gasteiger partial charge in [0, 0.05) is 55.9 Å². The summed E-state index contributed by atoms with van der Waals surface area (Å²) in [5, 5.41) is 0. The van der Waals surface area contributed by atoms with Crippen molar-refractivity contribution in [1.29, 1.82) is 0 Å². The lowest BCUT2D eigenvalue weighted by Crippen LogP contribution is -2.46. The number of anilines is 2. The smallest absolute Gasteiger partial charge is 0.175 e. The second-order valence-corrected chi connectivity index (χ2v) is 7.92. The molecule has 0 bridgehead atoms. The monoisotopic (exact) mass is 332 g/mol. The summed E-state index contributed by atoms with van der Waals surface area (Å²) in [7, 11) is -3.13. The van der Waals surface area contributed by atoms with Crippen molar-refractivity contribution in [3.63, 3.8) is 0 Å². The van der Waals surface area contributed by atoms with Crippen molar-refractivity contribution in [3.8, 4) is 0 Å². The molecule has 3 N–H and O–H groups in total. The second kappa shape index (κ2) is 6.22. The van der Waals surface area contributed by atoms with Crippen molar-refractivity contribution in [2.24, 2.45) is 0 Å². The maximum atomic E-state index is 11.5. The van der Waals surface area contributed by atoms with Crippen LogP contribution in [-0.2, 0) is 9.84 Å². The number of hydrogen-bond donors (Lipinski definition) is 1. The summed E-state index contributed by atoms with van der Waals surface area (Å²) in [4.78, 5) is 5.02. The highest BCUT2D eigenvalue weighted by Crippen LogP contribution is 2.22. The molecule has 3 rings (SSSR count). The zero-order valence-electron chi connectivity index (χ0n) is 13.3. The molecule has 0 saturated carbocycles. The third-order valence-electron chi connectivity index (χ3n) is 4.21. The van der Waals surface area contributed by atoms with Crippen LogP contribution in [0, 0.1) is 0 Å². The number of nitrogens with zero attached hydrogens (tertiary/aromatic N) is 2. The standard InChI is InChI=1S/C17H21N3O2S/c1-23(21,22)17-8-6-16(7-9-17)20-12-10-19(11-13-20)15-4-2-14(18)3-5-15/h2-9H,10-13,18H2,1H3/p+1. The molecule has 23 heavy (non-hydrogen) atoms. The Morgan fingerprint density at radius 3 is 1.57 bits per heavy atom. The van der Waals surface area contributed by atoms with Gasteiger partial charge in [0.05, 0.1) is 4.90 Å². The molecule has 0 spiro atoms. The van der Waals surface area contributed by atoms with Crippen LogP contribution in [0.5, 0.6) is 0 Å². The molecule has 0 atom stereocenters. The number of piperazine rings is 1. The normalized spacial score (nSPS) is 15.7. The molecule has 1 aliphatic heterocycles. The second-order valence-electron chi connectivity index (χ2n) is 5.91. The van der Waals surface area contributed by atoms with Crippen molar-refractivity contribution in [3.05, 3.63) is 48.5 Å². The molecular weight excluding hydrogens is 310 g/mol. The number of benzene rings is 2. The molecule has 1 saturated heterocycles. The Morgan fingerprint density at radius 2 is 1.17 bits per heavy atom. The predicted octanol–water partition coefficient (Wildman–Crippen LogP) is 1.29. The van der Waals surface area contributed by atoms with Crippen LogP contribution in [0.15, 0.2) is 53.4 Å². The lowest BCUT2D eigenvalue weighted by atomic mass is 10.2. The Kier molecular flexibility index (Phi) is 4.28. The third-order valence-corrected chi connectivity index (χ3v) is 5.34. The molecule has 1 fully saturated rings. The van der Waals surface area contributed by atoms with Gasteiger partial charge >= 0.3 is 0 Å². The Hall–Kier alpha value is -2.05. The number of quaternary nitrogens is 1. The van der Waals surface area contributed by atoms with E-state index in [0.29, 0.717) is 4.90 Å². The molecule has 6 heteroatoms. The van der Waals surface area contributed by atoms with Gasteiger partial charge in [-0.1, -0.05) is 0 Å². The molecule has 1 heterocycles. The summed E-state index contributed by atoms with van der Waals surface area (Å²) in [6, 6.07) is 15.4. The van der Waals surface area contributed by atoms with Crippen molar-refractivity contribution < 1.29 is 14.2 Å². The molecule has 0 unspecified atom stereocenters. The van der Waals surface area contributed by atoms with Gasteiger partial charge in [-0.3, -0.25) is 0 Å². The lowest BCUT2D eigenvalue weighted by molar-refractivity contribution is -0.254. The molecule has 2 aromatic carbocycles. The van der Waals surface area contributed by atoms with E-state index in [2.05, 4.69) is 27.7 Å². The quantitative estimate of drug-likeness (QED) is 0.920. The minimum Gasteiger partial charge on any atom is -0.368 e. The summed E-state index contributed by atoms with van der Waals surface area (Å²) in [5.41, 5.74) is 7.24. The van der Waals surface area contributed by atoms with E-state index in [-0.39, 0.29) is 0 Å². The first-order valence-corrected chi connectivity index (χ1v) is 9.55. The number of sulfone groups is 1. The first kappa shape index (κ1) is 15.8. The van der Waals surface area contributed by atoms with E-state index < -0.39 is 9.84 Å². The van der Waals surface area contributed by atoms with Crippen LogP contribution < -0.4 is 15.5 Å². The Labute approximate surface area is 137 Å². The van der Waals surface area contributed by atoms with E-state index in [1.165, 1.54) is 11.9 Å². The molecule has 0 aromatic heterocycles. The average molecular weight is 332 g/mol. The Morgan fingerprint density at radius 1 is 0.783 bits per heavy atom. The molecule has 1 aliphatic rings. The highest BCUT2D eigenvalue weighted by atomic mass is 32.2. The average Bonchev–Trinajstić information content (AvgIpc) is 2.55. The molecule has 2 aromatic rings.